The maximum atomic E-state index is 13.4. The van der Waals surface area contributed by atoms with Crippen molar-refractivity contribution in [2.45, 2.75) is 18.9 Å². The molecule has 1 unspecified atom stereocenters. The van der Waals surface area contributed by atoms with E-state index in [2.05, 4.69) is 22.4 Å². The number of aromatic nitrogens is 1. The second kappa shape index (κ2) is 7.20. The van der Waals surface area contributed by atoms with Gasteiger partial charge in [0, 0.05) is 29.9 Å². The zero-order valence-corrected chi connectivity index (χ0v) is 12.7. The summed E-state index contributed by atoms with van der Waals surface area (Å²) in [5, 5.41) is 13.6. The van der Waals surface area contributed by atoms with Crippen LogP contribution in [0.4, 0.5) is 10.1 Å². The van der Waals surface area contributed by atoms with Gasteiger partial charge >= 0.3 is 0 Å². The zero-order valence-electron chi connectivity index (χ0n) is 12.7. The number of hydrogen-bond donors (Lipinski definition) is 2. The molecule has 3 aromatic rings. The molecule has 3 rings (SSSR count). The third kappa shape index (κ3) is 3.66. The summed E-state index contributed by atoms with van der Waals surface area (Å²) in [4.78, 5) is 4.22. The molecule has 1 aromatic heterocycles. The Balaban J connectivity index is 1.93. The Kier molecular flexibility index (Phi) is 4.83. The summed E-state index contributed by atoms with van der Waals surface area (Å²) in [5.74, 6) is -0.290. The molecule has 2 aromatic carbocycles. The summed E-state index contributed by atoms with van der Waals surface area (Å²) < 4.78 is 13.4. The first-order chi connectivity index (χ1) is 11.3. The van der Waals surface area contributed by atoms with Crippen molar-refractivity contribution in [1.82, 2.24) is 4.98 Å². The molecular formula is C19H19FN2O. The lowest BCUT2D eigenvalue weighted by Crippen LogP contribution is -2.12. The van der Waals surface area contributed by atoms with E-state index in [9.17, 15) is 4.39 Å². The SMILES string of the molecule is OCCCC(Nc1ccnc2cc(F)ccc12)c1ccccc1. The third-order valence-corrected chi connectivity index (χ3v) is 3.89. The number of nitrogens with one attached hydrogen (secondary N) is 1. The van der Waals surface area contributed by atoms with E-state index in [4.69, 9.17) is 5.11 Å². The van der Waals surface area contributed by atoms with Gasteiger partial charge in [-0.15, -0.1) is 0 Å². The first-order valence-electron chi connectivity index (χ1n) is 7.74. The Morgan fingerprint density at radius 3 is 2.70 bits per heavy atom. The maximum Gasteiger partial charge on any atom is 0.125 e. The molecule has 0 bridgehead atoms. The number of aliphatic hydroxyl groups is 1. The number of hydrogen-bond acceptors (Lipinski definition) is 3. The number of aliphatic hydroxyl groups excluding tert-OH is 1. The minimum atomic E-state index is -0.290. The Labute approximate surface area is 134 Å². The van der Waals surface area contributed by atoms with Crippen LogP contribution < -0.4 is 5.32 Å². The Hall–Kier alpha value is -2.46. The van der Waals surface area contributed by atoms with Crippen molar-refractivity contribution in [1.29, 1.82) is 0 Å². The second-order valence-electron chi connectivity index (χ2n) is 5.49. The molecule has 118 valence electrons. The molecule has 0 saturated heterocycles. The first kappa shape index (κ1) is 15.4. The van der Waals surface area contributed by atoms with Gasteiger partial charge in [-0.05, 0) is 36.6 Å². The lowest BCUT2D eigenvalue weighted by atomic mass is 10.0. The minimum absolute atomic E-state index is 0.0824. The maximum absolute atomic E-state index is 13.4. The van der Waals surface area contributed by atoms with E-state index >= 15 is 0 Å². The molecule has 23 heavy (non-hydrogen) atoms. The molecule has 0 amide bonds. The summed E-state index contributed by atoms with van der Waals surface area (Å²) in [6, 6.07) is 16.7. The quantitative estimate of drug-likeness (QED) is 0.713. The summed E-state index contributed by atoms with van der Waals surface area (Å²) in [6.45, 7) is 0.160. The molecule has 0 spiro atoms. The number of fused-ring (bicyclic) bond motifs is 1. The molecule has 4 heteroatoms. The number of benzene rings is 2. The smallest absolute Gasteiger partial charge is 0.125 e. The molecule has 2 N–H and O–H groups in total. The van der Waals surface area contributed by atoms with Gasteiger partial charge in [0.1, 0.15) is 5.82 Å². The summed E-state index contributed by atoms with van der Waals surface area (Å²) in [6.07, 6.45) is 3.20. The molecule has 0 radical (unpaired) electrons. The van der Waals surface area contributed by atoms with Crippen molar-refractivity contribution in [3.05, 3.63) is 72.2 Å². The number of rotatable bonds is 6. The summed E-state index contributed by atoms with van der Waals surface area (Å²) in [7, 11) is 0. The van der Waals surface area contributed by atoms with Crippen LogP contribution in [0.15, 0.2) is 60.8 Å². The monoisotopic (exact) mass is 310 g/mol. The molecule has 0 aliphatic carbocycles. The minimum Gasteiger partial charge on any atom is -0.396 e. The van der Waals surface area contributed by atoms with Crippen molar-refractivity contribution in [3.8, 4) is 0 Å². The fraction of sp³-hybridized carbons (Fsp3) is 0.211. The molecular weight excluding hydrogens is 291 g/mol. The number of halogens is 1. The van der Waals surface area contributed by atoms with E-state index in [0.717, 1.165) is 23.1 Å². The van der Waals surface area contributed by atoms with Crippen LogP contribution in [-0.4, -0.2) is 16.7 Å². The van der Waals surface area contributed by atoms with Crippen molar-refractivity contribution in [2.24, 2.45) is 0 Å². The molecule has 0 fully saturated rings. The molecule has 3 nitrogen and oxygen atoms in total. The largest absolute Gasteiger partial charge is 0.396 e. The molecule has 0 aliphatic heterocycles. The third-order valence-electron chi connectivity index (χ3n) is 3.89. The van der Waals surface area contributed by atoms with E-state index in [1.807, 2.05) is 24.3 Å². The first-order valence-corrected chi connectivity index (χ1v) is 7.74. The van der Waals surface area contributed by atoms with Gasteiger partial charge in [-0.2, -0.15) is 0 Å². The number of nitrogens with zero attached hydrogens (tertiary/aromatic N) is 1. The van der Waals surface area contributed by atoms with Crippen LogP contribution in [0.5, 0.6) is 0 Å². The lowest BCUT2D eigenvalue weighted by molar-refractivity contribution is 0.281. The van der Waals surface area contributed by atoms with E-state index in [-0.39, 0.29) is 18.5 Å². The van der Waals surface area contributed by atoms with Crippen molar-refractivity contribution < 1.29 is 9.50 Å². The highest BCUT2D eigenvalue weighted by atomic mass is 19.1. The summed E-state index contributed by atoms with van der Waals surface area (Å²) >= 11 is 0. The summed E-state index contributed by atoms with van der Waals surface area (Å²) in [5.41, 5.74) is 2.71. The van der Waals surface area contributed by atoms with Crippen LogP contribution in [-0.2, 0) is 0 Å². The standard InChI is InChI=1S/C19H19FN2O/c20-15-8-9-16-18(10-11-21-19(16)13-15)22-17(7-4-12-23)14-5-2-1-3-6-14/h1-3,5-6,8-11,13,17,23H,4,7,12H2,(H,21,22). The predicted molar refractivity (Wildman–Crippen MR) is 90.8 cm³/mol. The highest BCUT2D eigenvalue weighted by Crippen LogP contribution is 2.28. The zero-order chi connectivity index (χ0) is 16.1. The fourth-order valence-corrected chi connectivity index (χ4v) is 2.74. The second-order valence-corrected chi connectivity index (χ2v) is 5.49. The Bertz CT molecular complexity index is 777. The van der Waals surface area contributed by atoms with Gasteiger partial charge in [-0.25, -0.2) is 4.39 Å². The average Bonchev–Trinajstić information content (AvgIpc) is 2.59. The predicted octanol–water partition coefficient (Wildman–Crippen LogP) is 4.30. The van der Waals surface area contributed by atoms with Gasteiger partial charge < -0.3 is 10.4 Å². The van der Waals surface area contributed by atoms with Gasteiger partial charge in [0.15, 0.2) is 0 Å². The van der Waals surface area contributed by atoms with Crippen LogP contribution in [0.1, 0.15) is 24.4 Å². The number of pyridine rings is 1. The van der Waals surface area contributed by atoms with Crippen molar-refractivity contribution in [3.63, 3.8) is 0 Å². The highest BCUT2D eigenvalue weighted by molar-refractivity contribution is 5.91. The lowest BCUT2D eigenvalue weighted by Gasteiger charge is -2.21. The van der Waals surface area contributed by atoms with Gasteiger partial charge in [0.2, 0.25) is 0 Å². The topological polar surface area (TPSA) is 45.1 Å². The average molecular weight is 310 g/mol. The number of anilines is 1. The van der Waals surface area contributed by atoms with Crippen LogP contribution in [0.25, 0.3) is 10.9 Å². The molecule has 1 heterocycles. The fourth-order valence-electron chi connectivity index (χ4n) is 2.74. The van der Waals surface area contributed by atoms with Crippen LogP contribution in [0.2, 0.25) is 0 Å². The Morgan fingerprint density at radius 1 is 1.09 bits per heavy atom. The molecule has 1 atom stereocenters. The highest BCUT2D eigenvalue weighted by Gasteiger charge is 2.12. The van der Waals surface area contributed by atoms with E-state index in [1.54, 1.807) is 12.3 Å². The van der Waals surface area contributed by atoms with Gasteiger partial charge in [0.25, 0.3) is 0 Å². The van der Waals surface area contributed by atoms with Crippen LogP contribution >= 0.6 is 0 Å². The van der Waals surface area contributed by atoms with Crippen molar-refractivity contribution in [2.75, 3.05) is 11.9 Å². The normalized spacial score (nSPS) is 12.3. The van der Waals surface area contributed by atoms with Crippen LogP contribution in [0, 0.1) is 5.82 Å². The van der Waals surface area contributed by atoms with Gasteiger partial charge in [-0.1, -0.05) is 30.3 Å². The van der Waals surface area contributed by atoms with E-state index in [1.165, 1.54) is 12.1 Å². The van der Waals surface area contributed by atoms with Crippen LogP contribution in [0.3, 0.4) is 0 Å². The van der Waals surface area contributed by atoms with Gasteiger partial charge in [0.05, 0.1) is 11.6 Å². The van der Waals surface area contributed by atoms with Gasteiger partial charge in [-0.3, -0.25) is 4.98 Å². The Morgan fingerprint density at radius 2 is 1.91 bits per heavy atom. The molecule has 0 saturated carbocycles. The molecule has 0 aliphatic rings. The van der Waals surface area contributed by atoms with E-state index in [0.29, 0.717) is 11.9 Å². The van der Waals surface area contributed by atoms with Crippen molar-refractivity contribution >= 4 is 16.6 Å². The van der Waals surface area contributed by atoms with E-state index < -0.39 is 0 Å².